The van der Waals surface area contributed by atoms with Gasteiger partial charge >= 0.3 is 0 Å². The second-order valence-electron chi connectivity index (χ2n) is 10.6. The van der Waals surface area contributed by atoms with Gasteiger partial charge in [-0.25, -0.2) is 4.57 Å². The van der Waals surface area contributed by atoms with Gasteiger partial charge in [0.05, 0.1) is 19.8 Å². The second-order valence-corrected chi connectivity index (χ2v) is 10.6. The number of nitrogens with zero attached hydrogens (tertiary/aromatic N) is 1. The molecule has 1 unspecified atom stereocenters. The van der Waals surface area contributed by atoms with Crippen LogP contribution in [-0.2, 0) is 27.4 Å². The predicted molar refractivity (Wildman–Crippen MR) is 158 cm³/mol. The highest BCUT2D eigenvalue weighted by atomic mass is 127. The van der Waals surface area contributed by atoms with Crippen LogP contribution in [0.5, 0.6) is 0 Å². The SMILES string of the molecule is CCCCCCCCCCCCCCCCOCC(COCc1cccc(C[n+]2ccccc2)c1)OCC.[I-]. The molecular formula is C34H56INO3. The third kappa shape index (κ3) is 19.7. The molecule has 0 fully saturated rings. The maximum Gasteiger partial charge on any atom is 0.173 e. The Balaban J connectivity index is 0.00000760. The first kappa shape index (κ1) is 36.0. The molecule has 0 aliphatic heterocycles. The van der Waals surface area contributed by atoms with Gasteiger partial charge < -0.3 is 38.2 Å². The van der Waals surface area contributed by atoms with Crippen molar-refractivity contribution in [2.45, 2.75) is 123 Å². The van der Waals surface area contributed by atoms with Gasteiger partial charge in [-0.1, -0.05) is 115 Å². The highest BCUT2D eigenvalue weighted by Gasteiger charge is 2.10. The summed E-state index contributed by atoms with van der Waals surface area (Å²) in [6.07, 6.45) is 23.5. The standard InChI is InChI=1S/C34H56NO3.HI/c1-3-5-6-7-8-9-10-11-12-13-14-15-16-20-26-36-30-34(38-4-2)31-37-29-33-23-21-22-32(27-33)28-35-24-18-17-19-25-35;/h17-19,21-25,27,34H,3-16,20,26,28-31H2,1-2H3;1H/q+1;/p-1. The first-order valence-electron chi connectivity index (χ1n) is 15.6. The molecule has 0 saturated carbocycles. The first-order valence-corrected chi connectivity index (χ1v) is 15.6. The zero-order chi connectivity index (χ0) is 26.9. The molecule has 1 aromatic heterocycles. The van der Waals surface area contributed by atoms with Crippen molar-refractivity contribution < 1.29 is 42.8 Å². The monoisotopic (exact) mass is 653 g/mol. The van der Waals surface area contributed by atoms with Gasteiger partial charge in [-0.2, -0.15) is 0 Å². The molecule has 0 spiro atoms. The Bertz CT molecular complexity index is 789. The minimum absolute atomic E-state index is 0. The summed E-state index contributed by atoms with van der Waals surface area (Å²) in [6.45, 7) is 8.45. The zero-order valence-corrected chi connectivity index (χ0v) is 27.1. The van der Waals surface area contributed by atoms with Crippen molar-refractivity contribution in [2.24, 2.45) is 0 Å². The molecule has 1 atom stereocenters. The largest absolute Gasteiger partial charge is 1.00 e. The summed E-state index contributed by atoms with van der Waals surface area (Å²) in [7, 11) is 0. The molecule has 39 heavy (non-hydrogen) atoms. The third-order valence-electron chi connectivity index (χ3n) is 7.05. The summed E-state index contributed by atoms with van der Waals surface area (Å²) < 4.78 is 20.0. The summed E-state index contributed by atoms with van der Waals surface area (Å²) in [4.78, 5) is 0. The molecular weight excluding hydrogens is 597 g/mol. The molecule has 0 amide bonds. The van der Waals surface area contributed by atoms with Crippen LogP contribution in [0.4, 0.5) is 0 Å². The van der Waals surface area contributed by atoms with Gasteiger partial charge in [0.1, 0.15) is 6.10 Å². The van der Waals surface area contributed by atoms with Crippen molar-refractivity contribution in [3.63, 3.8) is 0 Å². The lowest BCUT2D eigenvalue weighted by Crippen LogP contribution is -3.00. The Morgan fingerprint density at radius 3 is 1.82 bits per heavy atom. The van der Waals surface area contributed by atoms with E-state index in [0.29, 0.717) is 26.4 Å². The number of halogens is 1. The van der Waals surface area contributed by atoms with Crippen molar-refractivity contribution in [3.05, 3.63) is 66.0 Å². The quantitative estimate of drug-likeness (QED) is 0.0813. The number of ether oxygens (including phenoxy) is 3. The van der Waals surface area contributed by atoms with E-state index in [4.69, 9.17) is 14.2 Å². The molecule has 5 heteroatoms. The lowest BCUT2D eigenvalue weighted by molar-refractivity contribution is -0.688. The minimum atomic E-state index is -0.00491. The molecule has 0 N–H and O–H groups in total. The van der Waals surface area contributed by atoms with Gasteiger partial charge in [0, 0.05) is 30.9 Å². The number of hydrogen-bond donors (Lipinski definition) is 0. The lowest BCUT2D eigenvalue weighted by atomic mass is 10.0. The van der Waals surface area contributed by atoms with Gasteiger partial charge in [0.15, 0.2) is 18.9 Å². The van der Waals surface area contributed by atoms with Crippen LogP contribution in [0, 0.1) is 0 Å². The Hall–Kier alpha value is -1.02. The van der Waals surface area contributed by atoms with Crippen molar-refractivity contribution in [1.29, 1.82) is 0 Å². The Labute approximate surface area is 257 Å². The van der Waals surface area contributed by atoms with Crippen LogP contribution >= 0.6 is 0 Å². The molecule has 1 aromatic carbocycles. The molecule has 0 aliphatic rings. The van der Waals surface area contributed by atoms with Crippen LogP contribution in [0.1, 0.15) is 115 Å². The molecule has 4 nitrogen and oxygen atoms in total. The summed E-state index contributed by atoms with van der Waals surface area (Å²) in [6, 6.07) is 14.8. The van der Waals surface area contributed by atoms with E-state index < -0.39 is 0 Å². The number of unbranched alkanes of at least 4 members (excludes halogenated alkanes) is 13. The summed E-state index contributed by atoms with van der Waals surface area (Å²) in [5.41, 5.74) is 2.47. The molecule has 0 bridgehead atoms. The van der Waals surface area contributed by atoms with Gasteiger partial charge in [0.25, 0.3) is 0 Å². The van der Waals surface area contributed by atoms with E-state index in [1.54, 1.807) is 0 Å². The normalized spacial score (nSPS) is 11.8. The average Bonchev–Trinajstić information content (AvgIpc) is 2.93. The average molecular weight is 654 g/mol. The molecule has 1 heterocycles. The summed E-state index contributed by atoms with van der Waals surface area (Å²) in [5, 5.41) is 0. The van der Waals surface area contributed by atoms with E-state index in [2.05, 4.69) is 60.3 Å². The van der Waals surface area contributed by atoms with E-state index in [9.17, 15) is 0 Å². The van der Waals surface area contributed by atoms with Crippen LogP contribution in [0.15, 0.2) is 54.9 Å². The highest BCUT2D eigenvalue weighted by Crippen LogP contribution is 2.13. The zero-order valence-electron chi connectivity index (χ0n) is 25.0. The summed E-state index contributed by atoms with van der Waals surface area (Å²) >= 11 is 0. The van der Waals surface area contributed by atoms with Gasteiger partial charge in [-0.3, -0.25) is 0 Å². The molecule has 0 saturated heterocycles. The predicted octanol–water partition coefficient (Wildman–Crippen LogP) is 5.45. The fraction of sp³-hybridized carbons (Fsp3) is 0.676. The van der Waals surface area contributed by atoms with Crippen molar-refractivity contribution in [3.8, 4) is 0 Å². The van der Waals surface area contributed by atoms with Gasteiger partial charge in [0.2, 0.25) is 0 Å². The number of rotatable bonds is 25. The molecule has 222 valence electrons. The lowest BCUT2D eigenvalue weighted by Gasteiger charge is -2.17. The van der Waals surface area contributed by atoms with E-state index >= 15 is 0 Å². The molecule has 0 aliphatic carbocycles. The van der Waals surface area contributed by atoms with Crippen molar-refractivity contribution >= 4 is 0 Å². The maximum atomic E-state index is 6.01. The first-order chi connectivity index (χ1) is 18.8. The maximum absolute atomic E-state index is 6.01. The summed E-state index contributed by atoms with van der Waals surface area (Å²) in [5.74, 6) is 0. The van der Waals surface area contributed by atoms with E-state index in [0.717, 1.165) is 19.6 Å². The van der Waals surface area contributed by atoms with Crippen LogP contribution in [0.25, 0.3) is 0 Å². The van der Waals surface area contributed by atoms with Crippen LogP contribution in [0.2, 0.25) is 0 Å². The highest BCUT2D eigenvalue weighted by molar-refractivity contribution is 5.22. The third-order valence-corrected chi connectivity index (χ3v) is 7.05. The topological polar surface area (TPSA) is 31.6 Å². The van der Waals surface area contributed by atoms with Crippen LogP contribution in [0.3, 0.4) is 0 Å². The fourth-order valence-electron chi connectivity index (χ4n) is 4.87. The number of benzene rings is 1. The number of pyridine rings is 1. The number of hydrogen-bond acceptors (Lipinski definition) is 3. The van der Waals surface area contributed by atoms with E-state index in [1.807, 2.05) is 13.0 Å². The van der Waals surface area contributed by atoms with Gasteiger partial charge in [-0.05, 0) is 25.0 Å². The number of aromatic nitrogens is 1. The Morgan fingerprint density at radius 1 is 0.641 bits per heavy atom. The Morgan fingerprint density at radius 2 is 1.21 bits per heavy atom. The minimum Gasteiger partial charge on any atom is -1.00 e. The molecule has 2 rings (SSSR count). The fourth-order valence-corrected chi connectivity index (χ4v) is 4.87. The van der Waals surface area contributed by atoms with E-state index in [-0.39, 0.29) is 30.1 Å². The van der Waals surface area contributed by atoms with Gasteiger partial charge in [-0.15, -0.1) is 0 Å². The second kappa shape index (κ2) is 25.9. The van der Waals surface area contributed by atoms with Crippen LogP contribution < -0.4 is 28.5 Å². The smallest absolute Gasteiger partial charge is 0.173 e. The molecule has 2 aromatic rings. The van der Waals surface area contributed by atoms with Crippen molar-refractivity contribution in [1.82, 2.24) is 0 Å². The molecule has 0 radical (unpaired) electrons. The Kier molecular flexibility index (Phi) is 23.9. The van der Waals surface area contributed by atoms with Crippen LogP contribution in [-0.4, -0.2) is 32.5 Å². The van der Waals surface area contributed by atoms with E-state index in [1.165, 1.54) is 94.6 Å². The van der Waals surface area contributed by atoms with Crippen molar-refractivity contribution in [2.75, 3.05) is 26.4 Å².